The molecule has 3 rings (SSSR count). The fourth-order valence-corrected chi connectivity index (χ4v) is 4.37. The largest absolute Gasteiger partial charge is 0.357 e. The lowest BCUT2D eigenvalue weighted by Crippen LogP contribution is -2.51. The molecule has 2 aliphatic heterocycles. The Morgan fingerprint density at radius 3 is 2.88 bits per heavy atom. The van der Waals surface area contributed by atoms with Crippen molar-refractivity contribution in [2.75, 3.05) is 25.4 Å². The summed E-state index contributed by atoms with van der Waals surface area (Å²) >= 11 is 2.04. The average Bonchev–Trinajstić information content (AvgIpc) is 2.94. The highest BCUT2D eigenvalue weighted by molar-refractivity contribution is 14.0. The molecule has 8 heteroatoms. The number of hydrogen-bond donors (Lipinski definition) is 1. The van der Waals surface area contributed by atoms with Gasteiger partial charge in [0.25, 0.3) is 0 Å². The predicted octanol–water partition coefficient (Wildman–Crippen LogP) is 2.53. The van der Waals surface area contributed by atoms with Gasteiger partial charge in [0, 0.05) is 43.1 Å². The SMILES string of the molecule is CCNC(=NCc1nnc2n1CCCC2)N1CCSC(C)(C)C1.I. The molecular formula is C16H29IN6S. The number of hydrogen-bond acceptors (Lipinski definition) is 4. The van der Waals surface area contributed by atoms with Crippen molar-refractivity contribution < 1.29 is 0 Å². The Hall–Kier alpha value is -0.510. The molecule has 0 aromatic carbocycles. The van der Waals surface area contributed by atoms with Crippen molar-refractivity contribution in [2.45, 2.75) is 57.9 Å². The van der Waals surface area contributed by atoms with E-state index in [1.165, 1.54) is 12.8 Å². The van der Waals surface area contributed by atoms with Crippen LogP contribution in [0.1, 0.15) is 45.3 Å². The molecule has 136 valence electrons. The number of nitrogens with one attached hydrogen (secondary N) is 1. The summed E-state index contributed by atoms with van der Waals surface area (Å²) in [6.07, 6.45) is 3.50. The molecule has 1 aromatic rings. The third kappa shape index (κ3) is 4.77. The first-order valence-electron chi connectivity index (χ1n) is 8.67. The quantitative estimate of drug-likeness (QED) is 0.423. The van der Waals surface area contributed by atoms with Crippen LogP contribution in [0.5, 0.6) is 0 Å². The van der Waals surface area contributed by atoms with E-state index in [1.807, 2.05) is 11.8 Å². The van der Waals surface area contributed by atoms with E-state index in [2.05, 4.69) is 45.8 Å². The summed E-state index contributed by atoms with van der Waals surface area (Å²) in [5, 5.41) is 12.1. The van der Waals surface area contributed by atoms with Gasteiger partial charge in [0.05, 0.1) is 0 Å². The lowest BCUT2D eigenvalue weighted by atomic mass is 10.2. The molecule has 2 aliphatic rings. The van der Waals surface area contributed by atoms with Crippen LogP contribution in [0.25, 0.3) is 0 Å². The minimum Gasteiger partial charge on any atom is -0.357 e. The number of fused-ring (bicyclic) bond motifs is 1. The molecular weight excluding hydrogens is 435 g/mol. The molecule has 6 nitrogen and oxygen atoms in total. The Morgan fingerprint density at radius 1 is 1.29 bits per heavy atom. The maximum absolute atomic E-state index is 4.85. The maximum Gasteiger partial charge on any atom is 0.194 e. The third-order valence-corrected chi connectivity index (χ3v) is 5.66. The number of aromatic nitrogens is 3. The summed E-state index contributed by atoms with van der Waals surface area (Å²) in [7, 11) is 0. The first-order chi connectivity index (χ1) is 11.1. The predicted molar refractivity (Wildman–Crippen MR) is 111 cm³/mol. The van der Waals surface area contributed by atoms with E-state index >= 15 is 0 Å². The van der Waals surface area contributed by atoms with Gasteiger partial charge in [-0.2, -0.15) is 11.8 Å². The van der Waals surface area contributed by atoms with Crippen molar-refractivity contribution in [2.24, 2.45) is 4.99 Å². The minimum absolute atomic E-state index is 0. The standard InChI is InChI=1S/C16H28N6S.HI/c1-4-17-15(21-9-10-23-16(2,3)12-21)18-11-14-20-19-13-7-5-6-8-22(13)14;/h4-12H2,1-3H3,(H,17,18);1H. The van der Waals surface area contributed by atoms with E-state index in [9.17, 15) is 0 Å². The molecule has 1 N–H and O–H groups in total. The fraction of sp³-hybridized carbons (Fsp3) is 0.812. The van der Waals surface area contributed by atoms with Crippen molar-refractivity contribution in [3.8, 4) is 0 Å². The van der Waals surface area contributed by atoms with E-state index < -0.39 is 0 Å². The molecule has 0 unspecified atom stereocenters. The van der Waals surface area contributed by atoms with Gasteiger partial charge in [-0.1, -0.05) is 0 Å². The molecule has 3 heterocycles. The van der Waals surface area contributed by atoms with Crippen LogP contribution in [-0.2, 0) is 19.5 Å². The molecule has 0 saturated carbocycles. The zero-order valence-electron chi connectivity index (χ0n) is 14.9. The van der Waals surface area contributed by atoms with Crippen LogP contribution in [0, 0.1) is 0 Å². The number of guanidine groups is 1. The topological polar surface area (TPSA) is 58.3 Å². The molecule has 1 aromatic heterocycles. The van der Waals surface area contributed by atoms with Crippen molar-refractivity contribution in [1.82, 2.24) is 25.0 Å². The van der Waals surface area contributed by atoms with Crippen LogP contribution in [0.15, 0.2) is 4.99 Å². The number of thioether (sulfide) groups is 1. The minimum atomic E-state index is 0. The summed E-state index contributed by atoms with van der Waals surface area (Å²) in [5.74, 6) is 4.29. The van der Waals surface area contributed by atoms with E-state index in [-0.39, 0.29) is 28.7 Å². The molecule has 0 radical (unpaired) electrons. The number of aryl methyl sites for hydroxylation is 1. The third-order valence-electron chi connectivity index (χ3n) is 4.37. The van der Waals surface area contributed by atoms with E-state index in [4.69, 9.17) is 4.99 Å². The van der Waals surface area contributed by atoms with Crippen molar-refractivity contribution in [1.29, 1.82) is 0 Å². The Morgan fingerprint density at radius 2 is 2.12 bits per heavy atom. The molecule has 1 saturated heterocycles. The molecule has 0 aliphatic carbocycles. The Kier molecular flexibility index (Phi) is 7.21. The lowest BCUT2D eigenvalue weighted by molar-refractivity contribution is 0.375. The highest BCUT2D eigenvalue weighted by Crippen LogP contribution is 2.29. The van der Waals surface area contributed by atoms with Crippen LogP contribution in [0.3, 0.4) is 0 Å². The van der Waals surface area contributed by atoms with Crippen LogP contribution in [-0.4, -0.2) is 55.8 Å². The molecule has 0 amide bonds. The van der Waals surface area contributed by atoms with Crippen LogP contribution in [0.2, 0.25) is 0 Å². The van der Waals surface area contributed by atoms with Gasteiger partial charge in [0.2, 0.25) is 0 Å². The molecule has 0 bridgehead atoms. The summed E-state index contributed by atoms with van der Waals surface area (Å²) in [6.45, 7) is 11.4. The summed E-state index contributed by atoms with van der Waals surface area (Å²) in [6, 6.07) is 0. The lowest BCUT2D eigenvalue weighted by Gasteiger charge is -2.39. The van der Waals surface area contributed by atoms with Gasteiger partial charge in [-0.3, -0.25) is 0 Å². The van der Waals surface area contributed by atoms with E-state index in [0.29, 0.717) is 6.54 Å². The first-order valence-corrected chi connectivity index (χ1v) is 9.66. The molecule has 0 spiro atoms. The van der Waals surface area contributed by atoms with Gasteiger partial charge in [-0.25, -0.2) is 4.99 Å². The highest BCUT2D eigenvalue weighted by atomic mass is 127. The number of aliphatic imine (C=N–C) groups is 1. The molecule has 1 fully saturated rings. The fourth-order valence-electron chi connectivity index (χ4n) is 3.25. The second kappa shape index (κ2) is 8.73. The van der Waals surface area contributed by atoms with Crippen molar-refractivity contribution in [3.05, 3.63) is 11.6 Å². The van der Waals surface area contributed by atoms with Gasteiger partial charge in [-0.15, -0.1) is 34.2 Å². The highest BCUT2D eigenvalue weighted by Gasteiger charge is 2.28. The zero-order chi connectivity index (χ0) is 16.3. The average molecular weight is 464 g/mol. The van der Waals surface area contributed by atoms with Crippen LogP contribution >= 0.6 is 35.7 Å². The normalized spacial score (nSPS) is 20.3. The monoisotopic (exact) mass is 464 g/mol. The maximum atomic E-state index is 4.85. The smallest absolute Gasteiger partial charge is 0.194 e. The Balaban J connectivity index is 0.00000208. The van der Waals surface area contributed by atoms with E-state index in [1.54, 1.807) is 0 Å². The number of nitrogens with zero attached hydrogens (tertiary/aromatic N) is 5. The molecule has 0 atom stereocenters. The van der Waals surface area contributed by atoms with E-state index in [0.717, 1.165) is 56.0 Å². The second-order valence-corrected chi connectivity index (χ2v) is 8.64. The summed E-state index contributed by atoms with van der Waals surface area (Å²) in [4.78, 5) is 7.23. The van der Waals surface area contributed by atoms with Gasteiger partial charge in [0.15, 0.2) is 11.8 Å². The number of halogens is 1. The summed E-state index contributed by atoms with van der Waals surface area (Å²) < 4.78 is 2.54. The zero-order valence-corrected chi connectivity index (χ0v) is 18.1. The Labute approximate surface area is 166 Å². The second-order valence-electron chi connectivity index (χ2n) is 6.84. The molecule has 24 heavy (non-hydrogen) atoms. The van der Waals surface area contributed by atoms with Crippen LogP contribution < -0.4 is 5.32 Å². The van der Waals surface area contributed by atoms with Crippen LogP contribution in [0.4, 0.5) is 0 Å². The van der Waals surface area contributed by atoms with Gasteiger partial charge >= 0.3 is 0 Å². The van der Waals surface area contributed by atoms with Gasteiger partial charge < -0.3 is 14.8 Å². The first kappa shape index (κ1) is 19.8. The van der Waals surface area contributed by atoms with Gasteiger partial charge in [0.1, 0.15) is 12.4 Å². The Bertz CT molecular complexity index is 571. The van der Waals surface area contributed by atoms with Crippen molar-refractivity contribution in [3.63, 3.8) is 0 Å². The van der Waals surface area contributed by atoms with Crippen molar-refractivity contribution >= 4 is 41.7 Å². The summed E-state index contributed by atoms with van der Waals surface area (Å²) in [5.41, 5.74) is 0. The number of rotatable bonds is 3. The van der Waals surface area contributed by atoms with Gasteiger partial charge in [-0.05, 0) is 33.6 Å².